The Balaban J connectivity index is 2.25. The van der Waals surface area contributed by atoms with Crippen molar-refractivity contribution in [1.82, 2.24) is 0 Å². The number of allylic oxidation sites excluding steroid dienone is 2. The first-order chi connectivity index (χ1) is 7.53. The zero-order valence-corrected chi connectivity index (χ0v) is 10.6. The molecule has 0 aromatic carbocycles. The highest BCUT2D eigenvalue weighted by atomic mass is 16.7. The largest absolute Gasteiger partial charge is 0.393 e. The predicted octanol–water partition coefficient (Wildman–Crippen LogP) is 2.64. The standard InChI is InChI=1S/C13H24O3/c1-4-5-6-7-11(14)10-12-8-9-15-13(2,3)16-12/h4-5,11-12,14H,6-10H2,1-3H3/b5-4+/t11-,12-/m0/s1. The van der Waals surface area contributed by atoms with Crippen molar-refractivity contribution in [3.05, 3.63) is 12.2 Å². The van der Waals surface area contributed by atoms with Crippen molar-refractivity contribution < 1.29 is 14.6 Å². The van der Waals surface area contributed by atoms with Crippen molar-refractivity contribution in [1.29, 1.82) is 0 Å². The normalized spacial score (nSPS) is 27.1. The van der Waals surface area contributed by atoms with Gasteiger partial charge in [0.25, 0.3) is 0 Å². The Morgan fingerprint density at radius 2 is 2.25 bits per heavy atom. The van der Waals surface area contributed by atoms with Gasteiger partial charge in [-0.05, 0) is 46.5 Å². The van der Waals surface area contributed by atoms with Gasteiger partial charge in [0, 0.05) is 0 Å². The molecule has 1 rings (SSSR count). The highest BCUT2D eigenvalue weighted by molar-refractivity contribution is 4.79. The summed E-state index contributed by atoms with van der Waals surface area (Å²) >= 11 is 0. The summed E-state index contributed by atoms with van der Waals surface area (Å²) in [6.45, 7) is 6.56. The molecule has 0 unspecified atom stereocenters. The van der Waals surface area contributed by atoms with E-state index in [0.717, 1.165) is 25.9 Å². The van der Waals surface area contributed by atoms with Gasteiger partial charge in [-0.15, -0.1) is 0 Å². The van der Waals surface area contributed by atoms with Crippen LogP contribution in [0.2, 0.25) is 0 Å². The van der Waals surface area contributed by atoms with Crippen LogP contribution in [0.3, 0.4) is 0 Å². The third-order valence-electron chi connectivity index (χ3n) is 2.78. The second-order valence-corrected chi connectivity index (χ2v) is 4.81. The number of rotatable bonds is 5. The fourth-order valence-corrected chi connectivity index (χ4v) is 1.97. The van der Waals surface area contributed by atoms with E-state index in [0.29, 0.717) is 6.42 Å². The van der Waals surface area contributed by atoms with Crippen molar-refractivity contribution in [2.45, 2.75) is 64.4 Å². The molecule has 0 radical (unpaired) electrons. The van der Waals surface area contributed by atoms with Gasteiger partial charge >= 0.3 is 0 Å². The van der Waals surface area contributed by atoms with E-state index in [1.807, 2.05) is 26.8 Å². The van der Waals surface area contributed by atoms with Crippen LogP contribution in [0.15, 0.2) is 12.2 Å². The Bertz CT molecular complexity index is 223. The van der Waals surface area contributed by atoms with E-state index in [1.54, 1.807) is 0 Å². The Morgan fingerprint density at radius 3 is 2.88 bits per heavy atom. The average molecular weight is 228 g/mol. The quantitative estimate of drug-likeness (QED) is 0.735. The summed E-state index contributed by atoms with van der Waals surface area (Å²) in [6, 6.07) is 0. The fourth-order valence-electron chi connectivity index (χ4n) is 1.97. The van der Waals surface area contributed by atoms with Crippen molar-refractivity contribution in [3.8, 4) is 0 Å². The molecule has 1 aliphatic heterocycles. The van der Waals surface area contributed by atoms with E-state index in [-0.39, 0.29) is 12.2 Å². The summed E-state index contributed by atoms with van der Waals surface area (Å²) in [5, 5.41) is 9.84. The topological polar surface area (TPSA) is 38.7 Å². The van der Waals surface area contributed by atoms with E-state index in [2.05, 4.69) is 6.08 Å². The third kappa shape index (κ3) is 5.10. The minimum Gasteiger partial charge on any atom is -0.393 e. The summed E-state index contributed by atoms with van der Waals surface area (Å²) in [5.74, 6) is -0.494. The molecular weight excluding hydrogens is 204 g/mol. The van der Waals surface area contributed by atoms with Gasteiger partial charge in [-0.25, -0.2) is 0 Å². The first-order valence-corrected chi connectivity index (χ1v) is 6.14. The van der Waals surface area contributed by atoms with E-state index in [4.69, 9.17) is 9.47 Å². The molecule has 2 atom stereocenters. The van der Waals surface area contributed by atoms with E-state index >= 15 is 0 Å². The van der Waals surface area contributed by atoms with E-state index in [1.165, 1.54) is 0 Å². The minimum atomic E-state index is -0.494. The molecule has 0 bridgehead atoms. The highest BCUT2D eigenvalue weighted by Gasteiger charge is 2.30. The van der Waals surface area contributed by atoms with Crippen LogP contribution in [0, 0.1) is 0 Å². The highest BCUT2D eigenvalue weighted by Crippen LogP contribution is 2.25. The predicted molar refractivity (Wildman–Crippen MR) is 64.2 cm³/mol. The van der Waals surface area contributed by atoms with Gasteiger partial charge in [0.15, 0.2) is 5.79 Å². The lowest BCUT2D eigenvalue weighted by Crippen LogP contribution is -2.41. The first-order valence-electron chi connectivity index (χ1n) is 6.14. The maximum atomic E-state index is 9.84. The molecule has 1 fully saturated rings. The summed E-state index contributed by atoms with van der Waals surface area (Å²) in [4.78, 5) is 0. The fraction of sp³-hybridized carbons (Fsp3) is 0.846. The summed E-state index contributed by atoms with van der Waals surface area (Å²) in [7, 11) is 0. The zero-order valence-electron chi connectivity index (χ0n) is 10.6. The van der Waals surface area contributed by atoms with Gasteiger partial charge in [-0.2, -0.15) is 0 Å². The number of hydrogen-bond donors (Lipinski definition) is 1. The molecule has 1 aliphatic rings. The molecule has 1 N–H and O–H groups in total. The smallest absolute Gasteiger partial charge is 0.163 e. The molecular formula is C13H24O3. The van der Waals surface area contributed by atoms with Crippen LogP contribution in [-0.2, 0) is 9.47 Å². The van der Waals surface area contributed by atoms with Crippen LogP contribution >= 0.6 is 0 Å². The van der Waals surface area contributed by atoms with Gasteiger partial charge in [0.2, 0.25) is 0 Å². The first kappa shape index (κ1) is 13.7. The second kappa shape index (κ2) is 6.38. The van der Waals surface area contributed by atoms with Crippen LogP contribution < -0.4 is 0 Å². The molecule has 0 aliphatic carbocycles. The third-order valence-corrected chi connectivity index (χ3v) is 2.78. The minimum absolute atomic E-state index is 0.129. The van der Waals surface area contributed by atoms with Gasteiger partial charge in [-0.3, -0.25) is 0 Å². The summed E-state index contributed by atoms with van der Waals surface area (Å²) in [5.41, 5.74) is 0. The molecule has 1 saturated heterocycles. The monoisotopic (exact) mass is 228 g/mol. The molecule has 3 heteroatoms. The van der Waals surface area contributed by atoms with Crippen LogP contribution in [0.25, 0.3) is 0 Å². The molecule has 0 aromatic rings. The Morgan fingerprint density at radius 1 is 1.50 bits per heavy atom. The van der Waals surface area contributed by atoms with Crippen molar-refractivity contribution in [2.75, 3.05) is 6.61 Å². The Labute approximate surface area is 98.4 Å². The van der Waals surface area contributed by atoms with Crippen molar-refractivity contribution >= 4 is 0 Å². The lowest BCUT2D eigenvalue weighted by molar-refractivity contribution is -0.276. The van der Waals surface area contributed by atoms with Crippen LogP contribution in [0.1, 0.15) is 46.5 Å². The van der Waals surface area contributed by atoms with Gasteiger partial charge < -0.3 is 14.6 Å². The summed E-state index contributed by atoms with van der Waals surface area (Å²) < 4.78 is 11.2. The molecule has 16 heavy (non-hydrogen) atoms. The molecule has 0 saturated carbocycles. The molecule has 1 heterocycles. The van der Waals surface area contributed by atoms with Crippen LogP contribution in [0.4, 0.5) is 0 Å². The van der Waals surface area contributed by atoms with Crippen molar-refractivity contribution in [2.24, 2.45) is 0 Å². The Kier molecular flexibility index (Phi) is 5.46. The van der Waals surface area contributed by atoms with Crippen LogP contribution in [-0.4, -0.2) is 29.7 Å². The average Bonchev–Trinajstić information content (AvgIpc) is 2.16. The lowest BCUT2D eigenvalue weighted by Gasteiger charge is -2.36. The molecule has 0 amide bonds. The Hall–Kier alpha value is -0.380. The van der Waals surface area contributed by atoms with E-state index < -0.39 is 5.79 Å². The molecule has 0 aromatic heterocycles. The molecule has 0 spiro atoms. The number of ether oxygens (including phenoxy) is 2. The van der Waals surface area contributed by atoms with Gasteiger partial charge in [0.1, 0.15) is 0 Å². The van der Waals surface area contributed by atoms with Crippen molar-refractivity contribution in [3.63, 3.8) is 0 Å². The van der Waals surface area contributed by atoms with E-state index in [9.17, 15) is 5.11 Å². The number of aliphatic hydroxyl groups excluding tert-OH is 1. The molecule has 94 valence electrons. The zero-order chi connectivity index (χ0) is 12.0. The number of hydrogen-bond acceptors (Lipinski definition) is 3. The second-order valence-electron chi connectivity index (χ2n) is 4.81. The lowest BCUT2D eigenvalue weighted by atomic mass is 10.0. The molecule has 3 nitrogen and oxygen atoms in total. The SMILES string of the molecule is C/C=C/CC[C@H](O)C[C@@H]1CCOC(C)(C)O1. The summed E-state index contributed by atoms with van der Waals surface area (Å²) in [6.07, 6.45) is 7.29. The number of aliphatic hydroxyl groups is 1. The van der Waals surface area contributed by atoms with Crippen LogP contribution in [0.5, 0.6) is 0 Å². The maximum Gasteiger partial charge on any atom is 0.163 e. The van der Waals surface area contributed by atoms with Gasteiger partial charge in [-0.1, -0.05) is 12.2 Å². The van der Waals surface area contributed by atoms with Gasteiger partial charge in [0.05, 0.1) is 18.8 Å². The maximum absolute atomic E-state index is 9.84.